The summed E-state index contributed by atoms with van der Waals surface area (Å²) >= 11 is 13.0. The van der Waals surface area contributed by atoms with Crippen LogP contribution in [0.4, 0.5) is 0 Å². The molecule has 4 aliphatic rings. The lowest BCUT2D eigenvalue weighted by atomic mass is 9.53. The van der Waals surface area contributed by atoms with Crippen molar-refractivity contribution in [2.75, 3.05) is 7.11 Å². The fraction of sp³-hybridized carbons (Fsp3) is 0.387. The highest BCUT2D eigenvalue weighted by atomic mass is 35.5. The van der Waals surface area contributed by atoms with Crippen LogP contribution in [-0.2, 0) is 5.41 Å². The zero-order valence-electron chi connectivity index (χ0n) is 22.9. The predicted octanol–water partition coefficient (Wildman–Crippen LogP) is 7.98. The number of ether oxygens (including phenoxy) is 1. The second-order valence-corrected chi connectivity index (χ2v) is 12.5. The lowest BCUT2D eigenvalue weighted by Gasteiger charge is -2.50. The highest BCUT2D eigenvalue weighted by molar-refractivity contribution is 6.39. The van der Waals surface area contributed by atoms with E-state index in [-0.39, 0.29) is 22.1 Å². The Bertz CT molecular complexity index is 1680. The number of fused-ring (bicyclic) bond motifs is 3. The molecule has 0 unspecified atom stereocenters. The highest BCUT2D eigenvalue weighted by Gasteiger charge is 2.51. The molecule has 0 aliphatic heterocycles. The van der Waals surface area contributed by atoms with Gasteiger partial charge in [-0.05, 0) is 68.9 Å². The van der Waals surface area contributed by atoms with E-state index in [1.54, 1.807) is 24.5 Å². The summed E-state index contributed by atoms with van der Waals surface area (Å²) in [7, 11) is 1.44. The number of hydrogen-bond acceptors (Lipinski definition) is 8. The molecular weight excluding hydrogens is 579 g/mol. The van der Waals surface area contributed by atoms with Crippen molar-refractivity contribution in [3.63, 3.8) is 0 Å². The van der Waals surface area contributed by atoms with Gasteiger partial charge in [-0.3, -0.25) is 4.98 Å². The Kier molecular flexibility index (Phi) is 6.62. The monoisotopic (exact) mass is 606 g/mol. The minimum Gasteiger partial charge on any atom is -0.495 e. The van der Waals surface area contributed by atoms with Crippen molar-refractivity contribution in [1.29, 1.82) is 0 Å². The molecule has 216 valence electrons. The normalized spacial score (nSPS) is 23.5. The van der Waals surface area contributed by atoms with Crippen LogP contribution in [0.5, 0.6) is 5.75 Å². The van der Waals surface area contributed by atoms with E-state index in [0.29, 0.717) is 44.5 Å². The molecule has 3 heterocycles. The summed E-state index contributed by atoms with van der Waals surface area (Å²) in [5.74, 6) is 1.35. The number of carboxylic acids is 1. The molecular formula is C31H28Cl2N4O5. The maximum Gasteiger partial charge on any atom is 0.339 e. The number of aromatic carboxylic acids is 1. The maximum absolute atomic E-state index is 11.7. The third kappa shape index (κ3) is 4.50. The molecule has 4 saturated carbocycles. The first-order chi connectivity index (χ1) is 20.3. The quantitative estimate of drug-likeness (QED) is 0.212. The van der Waals surface area contributed by atoms with Crippen molar-refractivity contribution in [1.82, 2.24) is 20.3 Å². The van der Waals surface area contributed by atoms with Gasteiger partial charge in [-0.1, -0.05) is 51.7 Å². The van der Waals surface area contributed by atoms with E-state index in [1.165, 1.54) is 13.2 Å². The maximum atomic E-state index is 11.7. The molecule has 2 bridgehead atoms. The number of nitrogens with zero attached hydrogens (tertiary/aromatic N) is 4. The van der Waals surface area contributed by atoms with E-state index in [2.05, 4.69) is 27.4 Å². The molecule has 4 fully saturated rings. The number of carboxylic acid groups (broad SMARTS) is 1. The topological polar surface area (TPSA) is 124 Å². The van der Waals surface area contributed by atoms with Crippen LogP contribution in [0, 0.1) is 5.41 Å². The molecule has 42 heavy (non-hydrogen) atoms. The van der Waals surface area contributed by atoms with Gasteiger partial charge in [0, 0.05) is 34.9 Å². The first-order valence-electron chi connectivity index (χ1n) is 14.1. The average Bonchev–Trinajstić information content (AvgIpc) is 3.56. The molecule has 0 amide bonds. The van der Waals surface area contributed by atoms with Crippen molar-refractivity contribution >= 4 is 35.2 Å². The molecule has 1 aromatic carbocycles. The molecule has 1 N–H and O–H groups in total. The molecule has 0 spiro atoms. The standard InChI is InChI=1S/C31H28Cl2N4O5/c1-40-26-19(3-2-4-20(26)28(38)39)27-35-29(42-37-27)31-12-9-30(10-13-31,11-14-31)8-7-18-24(36-41-25(18)17-5-6-17)23-21(32)15-34-16-22(23)33/h2-4,7-8,15-17H,5-6,9-14H2,1H3,(H,38,39)/b8-7+. The Hall–Kier alpha value is -3.69. The van der Waals surface area contributed by atoms with Gasteiger partial charge in [-0.2, -0.15) is 4.98 Å². The van der Waals surface area contributed by atoms with Crippen LogP contribution in [0.3, 0.4) is 0 Å². The van der Waals surface area contributed by atoms with Gasteiger partial charge in [0.1, 0.15) is 22.8 Å². The van der Waals surface area contributed by atoms with E-state index >= 15 is 0 Å². The highest BCUT2D eigenvalue weighted by Crippen LogP contribution is 2.58. The van der Waals surface area contributed by atoms with Gasteiger partial charge in [-0.15, -0.1) is 0 Å². The summed E-state index contributed by atoms with van der Waals surface area (Å²) in [6, 6.07) is 4.90. The van der Waals surface area contributed by atoms with E-state index in [1.807, 2.05) is 0 Å². The number of halogens is 2. The number of benzene rings is 1. The smallest absolute Gasteiger partial charge is 0.339 e. The second-order valence-electron chi connectivity index (χ2n) is 11.7. The van der Waals surface area contributed by atoms with Crippen LogP contribution in [0.2, 0.25) is 10.0 Å². The minimum atomic E-state index is -1.07. The fourth-order valence-electron chi connectivity index (χ4n) is 6.62. The van der Waals surface area contributed by atoms with Crippen LogP contribution in [-0.4, -0.2) is 38.5 Å². The first kappa shape index (κ1) is 27.2. The van der Waals surface area contributed by atoms with Crippen LogP contribution >= 0.6 is 23.2 Å². The summed E-state index contributed by atoms with van der Waals surface area (Å²) in [5, 5.41) is 19.1. The lowest BCUT2D eigenvalue weighted by Crippen LogP contribution is -2.43. The number of allylic oxidation sites excluding steroid dienone is 1. The van der Waals surface area contributed by atoms with Gasteiger partial charge in [-0.25, -0.2) is 4.79 Å². The van der Waals surface area contributed by atoms with Gasteiger partial charge in [0.05, 0.1) is 22.7 Å². The molecule has 0 radical (unpaired) electrons. The summed E-state index contributed by atoms with van der Waals surface area (Å²) in [6.07, 6.45) is 15.5. The SMILES string of the molecule is COc1c(C(=O)O)cccc1-c1noc(C23CCC(/C=C/c4c(-c5c(Cl)cncc5Cl)noc4C4CC4)(CC2)CC3)n1. The van der Waals surface area contributed by atoms with Crippen LogP contribution in [0.25, 0.3) is 28.7 Å². The van der Waals surface area contributed by atoms with E-state index in [4.69, 9.17) is 42.0 Å². The third-order valence-corrected chi connectivity index (χ3v) is 9.85. The average molecular weight is 607 g/mol. The van der Waals surface area contributed by atoms with Gasteiger partial charge >= 0.3 is 5.97 Å². The Morgan fingerprint density at radius 1 is 1.05 bits per heavy atom. The van der Waals surface area contributed by atoms with Crippen molar-refractivity contribution in [2.45, 2.75) is 62.7 Å². The van der Waals surface area contributed by atoms with E-state index in [9.17, 15) is 9.90 Å². The Labute approximate surface area is 251 Å². The summed E-state index contributed by atoms with van der Waals surface area (Å²) in [4.78, 5) is 20.5. The second kappa shape index (κ2) is 10.2. The Morgan fingerprint density at radius 3 is 2.40 bits per heavy atom. The van der Waals surface area contributed by atoms with Gasteiger partial charge in [0.15, 0.2) is 0 Å². The molecule has 4 aliphatic carbocycles. The van der Waals surface area contributed by atoms with Crippen molar-refractivity contribution < 1.29 is 23.7 Å². The van der Waals surface area contributed by atoms with Crippen molar-refractivity contribution in [2.24, 2.45) is 5.41 Å². The van der Waals surface area contributed by atoms with Gasteiger partial charge in [0.2, 0.25) is 11.7 Å². The number of para-hydroxylation sites is 1. The zero-order valence-corrected chi connectivity index (χ0v) is 24.4. The molecule has 11 heteroatoms. The fourth-order valence-corrected chi connectivity index (χ4v) is 7.17. The third-order valence-electron chi connectivity index (χ3n) is 9.27. The Balaban J connectivity index is 1.14. The van der Waals surface area contributed by atoms with Crippen LogP contribution in [0.15, 0.2) is 45.7 Å². The number of carbonyl (C=O) groups is 1. The molecule has 4 aromatic rings. The first-order valence-corrected chi connectivity index (χ1v) is 14.8. The molecule has 9 nitrogen and oxygen atoms in total. The molecule has 3 aromatic heterocycles. The molecule has 8 rings (SSSR count). The zero-order chi connectivity index (χ0) is 29.1. The minimum absolute atomic E-state index is 0.0465. The number of methoxy groups -OCH3 is 1. The molecule has 0 saturated heterocycles. The summed E-state index contributed by atoms with van der Waals surface area (Å²) in [5.41, 5.74) is 2.65. The van der Waals surface area contributed by atoms with Crippen LogP contribution in [0.1, 0.15) is 84.9 Å². The summed E-state index contributed by atoms with van der Waals surface area (Å²) < 4.78 is 17.1. The van der Waals surface area contributed by atoms with Gasteiger partial charge in [0.25, 0.3) is 0 Å². The van der Waals surface area contributed by atoms with Crippen LogP contribution < -0.4 is 4.74 Å². The number of hydrogen-bond donors (Lipinski definition) is 1. The predicted molar refractivity (Wildman–Crippen MR) is 156 cm³/mol. The molecule has 0 atom stereocenters. The number of pyridine rings is 1. The van der Waals surface area contributed by atoms with Gasteiger partial charge < -0.3 is 18.9 Å². The lowest BCUT2D eigenvalue weighted by molar-refractivity contribution is 0.0569. The Morgan fingerprint density at radius 2 is 1.76 bits per heavy atom. The largest absolute Gasteiger partial charge is 0.495 e. The van der Waals surface area contributed by atoms with E-state index < -0.39 is 5.97 Å². The van der Waals surface area contributed by atoms with E-state index in [0.717, 1.165) is 62.7 Å². The van der Waals surface area contributed by atoms with Crippen molar-refractivity contribution in [3.8, 4) is 28.4 Å². The number of aromatic nitrogens is 4. The summed E-state index contributed by atoms with van der Waals surface area (Å²) in [6.45, 7) is 0. The number of rotatable bonds is 8. The van der Waals surface area contributed by atoms with Crippen molar-refractivity contribution in [3.05, 3.63) is 69.5 Å².